The Morgan fingerprint density at radius 2 is 1.87 bits per heavy atom. The molecule has 15 heavy (non-hydrogen) atoms. The quantitative estimate of drug-likeness (QED) is 0.780. The largest absolute Gasteiger partial charge is 0.505 e. The van der Waals surface area contributed by atoms with Crippen LogP contribution in [0.5, 0.6) is 5.75 Å². The topological polar surface area (TPSA) is 46.2 Å². The minimum atomic E-state index is -4.72. The number of benzene rings is 1. The second-order valence-electron chi connectivity index (χ2n) is 2.82. The van der Waals surface area contributed by atoms with Gasteiger partial charge in [-0.15, -0.1) is 0 Å². The van der Waals surface area contributed by atoms with Gasteiger partial charge in [-0.05, 0) is 22.0 Å². The fourth-order valence-electron chi connectivity index (χ4n) is 0.982. The molecule has 0 heterocycles. The fourth-order valence-corrected chi connectivity index (χ4v) is 1.30. The molecule has 0 saturated heterocycles. The maximum absolute atomic E-state index is 13.0. The van der Waals surface area contributed by atoms with Crippen molar-refractivity contribution in [1.29, 1.82) is 0 Å². The molecular formula is C8H6BrF4NO. The molecule has 0 radical (unpaired) electrons. The summed E-state index contributed by atoms with van der Waals surface area (Å²) in [5.41, 5.74) is 4.13. The molecule has 2 nitrogen and oxygen atoms in total. The zero-order valence-electron chi connectivity index (χ0n) is 7.15. The second-order valence-corrected chi connectivity index (χ2v) is 3.67. The molecule has 0 aromatic heterocycles. The molecule has 0 saturated carbocycles. The van der Waals surface area contributed by atoms with Crippen LogP contribution in [-0.4, -0.2) is 11.3 Å². The van der Waals surface area contributed by atoms with E-state index in [1.165, 1.54) is 0 Å². The Hall–Kier alpha value is -0.820. The highest BCUT2D eigenvalue weighted by Gasteiger charge is 2.39. The Labute approximate surface area is 90.8 Å². The van der Waals surface area contributed by atoms with E-state index in [2.05, 4.69) is 15.9 Å². The molecule has 1 atom stereocenters. The zero-order chi connectivity index (χ0) is 11.8. The van der Waals surface area contributed by atoms with Gasteiger partial charge in [0.1, 0.15) is 6.04 Å². The highest BCUT2D eigenvalue weighted by molar-refractivity contribution is 9.10. The number of rotatable bonds is 1. The summed E-state index contributed by atoms with van der Waals surface area (Å²) in [7, 11) is 0. The molecule has 0 fully saturated rings. The van der Waals surface area contributed by atoms with Crippen molar-refractivity contribution in [3.8, 4) is 5.75 Å². The minimum absolute atomic E-state index is 0.127. The first-order valence-electron chi connectivity index (χ1n) is 3.74. The van der Waals surface area contributed by atoms with Crippen molar-refractivity contribution < 1.29 is 22.7 Å². The van der Waals surface area contributed by atoms with Gasteiger partial charge in [-0.1, -0.05) is 6.07 Å². The first-order chi connectivity index (χ1) is 6.75. The lowest BCUT2D eigenvalue weighted by Crippen LogP contribution is -2.28. The summed E-state index contributed by atoms with van der Waals surface area (Å²) in [6.45, 7) is 0. The number of hydrogen-bond donors (Lipinski definition) is 2. The van der Waals surface area contributed by atoms with Gasteiger partial charge in [0, 0.05) is 5.56 Å². The normalized spacial score (nSPS) is 14.0. The molecule has 1 rings (SSSR count). The molecule has 3 N–H and O–H groups in total. The van der Waals surface area contributed by atoms with Gasteiger partial charge in [0.2, 0.25) is 0 Å². The molecule has 0 aliphatic carbocycles. The van der Waals surface area contributed by atoms with Crippen LogP contribution in [0.1, 0.15) is 11.6 Å². The highest BCUT2D eigenvalue weighted by Crippen LogP contribution is 2.37. The summed E-state index contributed by atoms with van der Waals surface area (Å²) in [5, 5.41) is 9.13. The molecule has 0 spiro atoms. The predicted molar refractivity (Wildman–Crippen MR) is 48.7 cm³/mol. The number of aromatic hydroxyl groups is 1. The molecule has 0 aliphatic heterocycles. The lowest BCUT2D eigenvalue weighted by atomic mass is 10.1. The van der Waals surface area contributed by atoms with Gasteiger partial charge in [-0.2, -0.15) is 13.2 Å². The van der Waals surface area contributed by atoms with Gasteiger partial charge >= 0.3 is 6.18 Å². The van der Waals surface area contributed by atoms with Gasteiger partial charge in [0.15, 0.2) is 11.6 Å². The fraction of sp³-hybridized carbons (Fsp3) is 0.250. The summed E-state index contributed by atoms with van der Waals surface area (Å²) in [5.74, 6) is -2.25. The molecule has 84 valence electrons. The van der Waals surface area contributed by atoms with Crippen LogP contribution in [-0.2, 0) is 0 Å². The summed E-state index contributed by atoms with van der Waals surface area (Å²) in [4.78, 5) is 0. The van der Waals surface area contributed by atoms with Gasteiger partial charge in [0.25, 0.3) is 0 Å². The van der Waals surface area contributed by atoms with E-state index in [9.17, 15) is 17.6 Å². The molecule has 1 aromatic carbocycles. The number of hydrogen-bond acceptors (Lipinski definition) is 2. The van der Waals surface area contributed by atoms with Gasteiger partial charge in [0.05, 0.1) is 4.47 Å². The number of nitrogens with two attached hydrogens (primary N) is 1. The van der Waals surface area contributed by atoms with Crippen LogP contribution in [0.25, 0.3) is 0 Å². The Morgan fingerprint density at radius 1 is 1.33 bits per heavy atom. The first-order valence-corrected chi connectivity index (χ1v) is 4.53. The van der Waals surface area contributed by atoms with Gasteiger partial charge < -0.3 is 10.8 Å². The van der Waals surface area contributed by atoms with E-state index >= 15 is 0 Å². The van der Waals surface area contributed by atoms with E-state index in [0.29, 0.717) is 0 Å². The Balaban J connectivity index is 3.23. The standard InChI is InChI=1S/C8H6BrF4NO/c9-4-2-1-3(6(15)5(4)10)7(14)8(11,12)13/h1-2,7,15H,14H2/t7-/m0/s1. The van der Waals surface area contributed by atoms with Gasteiger partial charge in [-0.3, -0.25) is 0 Å². The number of phenolic OH excluding ortho intramolecular Hbond substituents is 1. The van der Waals surface area contributed by atoms with Crippen LogP contribution >= 0.6 is 15.9 Å². The Morgan fingerprint density at radius 3 is 2.33 bits per heavy atom. The summed E-state index contributed by atoms with van der Waals surface area (Å²) >= 11 is 2.72. The van der Waals surface area contributed by atoms with E-state index in [0.717, 1.165) is 12.1 Å². The summed E-state index contributed by atoms with van der Waals surface area (Å²) < 4.78 is 49.4. The molecule has 7 heteroatoms. The van der Waals surface area contributed by atoms with E-state index in [-0.39, 0.29) is 4.47 Å². The summed E-state index contributed by atoms with van der Waals surface area (Å²) in [6.07, 6.45) is -4.72. The lowest BCUT2D eigenvalue weighted by Gasteiger charge is -2.17. The molecule has 0 unspecified atom stereocenters. The number of halogens is 5. The SMILES string of the molecule is N[C@@H](c1ccc(Br)c(F)c1O)C(F)(F)F. The van der Waals surface area contributed by atoms with Crippen molar-refractivity contribution in [1.82, 2.24) is 0 Å². The zero-order valence-corrected chi connectivity index (χ0v) is 8.73. The third kappa shape index (κ3) is 2.40. The monoisotopic (exact) mass is 287 g/mol. The maximum Gasteiger partial charge on any atom is 0.407 e. The Bertz CT molecular complexity index is 380. The van der Waals surface area contributed by atoms with Crippen LogP contribution in [0.15, 0.2) is 16.6 Å². The van der Waals surface area contributed by atoms with E-state index in [1.54, 1.807) is 0 Å². The third-order valence-electron chi connectivity index (χ3n) is 1.79. The average Bonchev–Trinajstić information content (AvgIpc) is 2.12. The summed E-state index contributed by atoms with van der Waals surface area (Å²) in [6, 6.07) is -0.434. The molecule has 0 bridgehead atoms. The van der Waals surface area contributed by atoms with Crippen LogP contribution in [0.2, 0.25) is 0 Å². The average molecular weight is 288 g/mol. The smallest absolute Gasteiger partial charge is 0.407 e. The highest BCUT2D eigenvalue weighted by atomic mass is 79.9. The van der Waals surface area contributed by atoms with Crippen LogP contribution in [0, 0.1) is 5.82 Å². The number of alkyl halides is 3. The minimum Gasteiger partial charge on any atom is -0.505 e. The molecule has 0 amide bonds. The van der Waals surface area contributed by atoms with E-state index in [1.807, 2.05) is 0 Å². The predicted octanol–water partition coefficient (Wildman–Crippen LogP) is 2.86. The van der Waals surface area contributed by atoms with Crippen molar-refractivity contribution in [3.05, 3.63) is 28.0 Å². The van der Waals surface area contributed by atoms with Crippen molar-refractivity contribution in [2.75, 3.05) is 0 Å². The first kappa shape index (κ1) is 12.3. The van der Waals surface area contributed by atoms with E-state index in [4.69, 9.17) is 10.8 Å². The second kappa shape index (κ2) is 3.97. The van der Waals surface area contributed by atoms with Crippen molar-refractivity contribution in [3.63, 3.8) is 0 Å². The third-order valence-corrected chi connectivity index (χ3v) is 2.40. The lowest BCUT2D eigenvalue weighted by molar-refractivity contribution is -0.149. The van der Waals surface area contributed by atoms with Gasteiger partial charge in [-0.25, -0.2) is 4.39 Å². The van der Waals surface area contributed by atoms with Crippen LogP contribution < -0.4 is 5.73 Å². The molecular weight excluding hydrogens is 282 g/mol. The Kier molecular flexibility index (Phi) is 3.25. The van der Waals surface area contributed by atoms with Crippen molar-refractivity contribution in [2.24, 2.45) is 5.73 Å². The van der Waals surface area contributed by atoms with E-state index < -0.39 is 29.3 Å². The maximum atomic E-state index is 13.0. The van der Waals surface area contributed by atoms with Crippen LogP contribution in [0.3, 0.4) is 0 Å². The molecule has 0 aliphatic rings. The van der Waals surface area contributed by atoms with Crippen LogP contribution in [0.4, 0.5) is 17.6 Å². The molecule has 1 aromatic rings. The number of phenols is 1. The van der Waals surface area contributed by atoms with Crippen molar-refractivity contribution >= 4 is 15.9 Å². The van der Waals surface area contributed by atoms with Crippen molar-refractivity contribution in [2.45, 2.75) is 12.2 Å².